The van der Waals surface area contributed by atoms with Crippen LogP contribution in [-0.2, 0) is 0 Å². The van der Waals surface area contributed by atoms with Crippen LogP contribution >= 0.6 is 27.3 Å². The molecule has 0 spiro atoms. The van der Waals surface area contributed by atoms with E-state index in [2.05, 4.69) is 28.2 Å². The van der Waals surface area contributed by atoms with Gasteiger partial charge in [0.15, 0.2) is 0 Å². The average Bonchev–Trinajstić information content (AvgIpc) is 2.76. The van der Waals surface area contributed by atoms with Gasteiger partial charge in [-0.15, -0.1) is 11.3 Å². The first kappa shape index (κ1) is 13.1. The van der Waals surface area contributed by atoms with E-state index in [0.717, 1.165) is 27.4 Å². The summed E-state index contributed by atoms with van der Waals surface area (Å²) in [6.07, 6.45) is 6.09. The molecule has 94 valence electrons. The summed E-state index contributed by atoms with van der Waals surface area (Å²) in [5, 5.41) is 3.16. The number of carbonyl (C=O) groups is 1. The fourth-order valence-corrected chi connectivity index (χ4v) is 3.77. The molecule has 0 aliphatic heterocycles. The Balaban J connectivity index is 1.90. The molecule has 0 bridgehead atoms. The van der Waals surface area contributed by atoms with Gasteiger partial charge in [-0.1, -0.05) is 26.2 Å². The predicted octanol–water partition coefficient (Wildman–Crippen LogP) is 4.21. The second kappa shape index (κ2) is 6.01. The summed E-state index contributed by atoms with van der Waals surface area (Å²) in [5.41, 5.74) is 0. The quantitative estimate of drug-likeness (QED) is 0.889. The lowest BCUT2D eigenvalue weighted by atomic mass is 9.84. The van der Waals surface area contributed by atoms with Gasteiger partial charge in [-0.25, -0.2) is 0 Å². The Labute approximate surface area is 115 Å². The minimum absolute atomic E-state index is 0.0856. The van der Waals surface area contributed by atoms with Crippen molar-refractivity contribution in [2.45, 2.75) is 45.1 Å². The Morgan fingerprint density at radius 2 is 2.35 bits per heavy atom. The van der Waals surface area contributed by atoms with Crippen molar-refractivity contribution >= 4 is 33.2 Å². The van der Waals surface area contributed by atoms with Gasteiger partial charge in [0.1, 0.15) is 0 Å². The Bertz CT molecular complexity index is 391. The first-order chi connectivity index (χ1) is 8.19. The van der Waals surface area contributed by atoms with Crippen molar-refractivity contribution in [3.63, 3.8) is 0 Å². The number of hydrogen-bond donors (Lipinski definition) is 1. The van der Waals surface area contributed by atoms with Gasteiger partial charge >= 0.3 is 0 Å². The van der Waals surface area contributed by atoms with Crippen molar-refractivity contribution in [1.82, 2.24) is 5.32 Å². The standard InChI is InChI=1S/C13H18BrNOS/c1-2-9-4-3-5-10(8-9)15-13(16)11-6-7-12(14)17-11/h6-7,9-10H,2-5,8H2,1H3,(H,15,16). The summed E-state index contributed by atoms with van der Waals surface area (Å²) in [6.45, 7) is 2.24. The molecule has 1 aliphatic carbocycles. The highest BCUT2D eigenvalue weighted by Crippen LogP contribution is 2.27. The number of thiophene rings is 1. The number of halogens is 1. The molecule has 0 radical (unpaired) electrons. The third-order valence-corrected chi connectivity index (χ3v) is 5.11. The highest BCUT2D eigenvalue weighted by Gasteiger charge is 2.22. The summed E-state index contributed by atoms with van der Waals surface area (Å²) in [6, 6.07) is 4.18. The van der Waals surface area contributed by atoms with E-state index in [1.54, 1.807) is 0 Å². The minimum atomic E-state index is 0.0856. The molecule has 1 aromatic rings. The maximum atomic E-state index is 12.0. The fraction of sp³-hybridized carbons (Fsp3) is 0.615. The van der Waals surface area contributed by atoms with E-state index in [1.807, 2.05) is 12.1 Å². The Kier molecular flexibility index (Phi) is 4.62. The summed E-state index contributed by atoms with van der Waals surface area (Å²) in [4.78, 5) is 12.8. The minimum Gasteiger partial charge on any atom is -0.349 e. The average molecular weight is 316 g/mol. The molecule has 2 atom stereocenters. The Morgan fingerprint density at radius 3 is 3.00 bits per heavy atom. The summed E-state index contributed by atoms with van der Waals surface area (Å²) in [7, 11) is 0. The van der Waals surface area contributed by atoms with Crippen LogP contribution in [0.4, 0.5) is 0 Å². The van der Waals surface area contributed by atoms with Gasteiger partial charge in [-0.3, -0.25) is 4.79 Å². The van der Waals surface area contributed by atoms with E-state index in [4.69, 9.17) is 0 Å². The van der Waals surface area contributed by atoms with Crippen LogP contribution < -0.4 is 5.32 Å². The van der Waals surface area contributed by atoms with Gasteiger partial charge < -0.3 is 5.32 Å². The summed E-state index contributed by atoms with van der Waals surface area (Å²) < 4.78 is 1.01. The van der Waals surface area contributed by atoms with E-state index < -0.39 is 0 Å². The molecule has 0 saturated heterocycles. The third kappa shape index (κ3) is 3.55. The molecule has 1 N–H and O–H groups in total. The molecule has 2 rings (SSSR count). The van der Waals surface area contributed by atoms with Crippen molar-refractivity contribution < 1.29 is 4.79 Å². The van der Waals surface area contributed by atoms with Gasteiger partial charge in [0.05, 0.1) is 8.66 Å². The predicted molar refractivity (Wildman–Crippen MR) is 75.5 cm³/mol. The molecule has 0 aromatic carbocycles. The van der Waals surface area contributed by atoms with Gasteiger partial charge in [-0.2, -0.15) is 0 Å². The molecule has 1 saturated carbocycles. The highest BCUT2D eigenvalue weighted by molar-refractivity contribution is 9.11. The highest BCUT2D eigenvalue weighted by atomic mass is 79.9. The van der Waals surface area contributed by atoms with Crippen molar-refractivity contribution in [2.24, 2.45) is 5.92 Å². The Morgan fingerprint density at radius 1 is 1.53 bits per heavy atom. The molecular weight excluding hydrogens is 298 g/mol. The van der Waals surface area contributed by atoms with Gasteiger partial charge in [0, 0.05) is 6.04 Å². The van der Waals surface area contributed by atoms with E-state index in [1.165, 1.54) is 30.6 Å². The van der Waals surface area contributed by atoms with Crippen LogP contribution in [0.15, 0.2) is 15.9 Å². The third-order valence-electron chi connectivity index (χ3n) is 3.49. The molecule has 1 aliphatic rings. The van der Waals surface area contributed by atoms with Crippen LogP contribution in [0.2, 0.25) is 0 Å². The van der Waals surface area contributed by atoms with E-state index in [-0.39, 0.29) is 5.91 Å². The molecule has 17 heavy (non-hydrogen) atoms. The van der Waals surface area contributed by atoms with Crippen molar-refractivity contribution in [3.05, 3.63) is 20.8 Å². The van der Waals surface area contributed by atoms with Gasteiger partial charge in [0.2, 0.25) is 0 Å². The largest absolute Gasteiger partial charge is 0.349 e. The van der Waals surface area contributed by atoms with Crippen LogP contribution in [0.1, 0.15) is 48.7 Å². The smallest absolute Gasteiger partial charge is 0.261 e. The fourth-order valence-electron chi connectivity index (χ4n) is 2.49. The molecule has 1 aromatic heterocycles. The van der Waals surface area contributed by atoms with E-state index in [0.29, 0.717) is 6.04 Å². The monoisotopic (exact) mass is 315 g/mol. The van der Waals surface area contributed by atoms with Crippen LogP contribution in [0.5, 0.6) is 0 Å². The maximum Gasteiger partial charge on any atom is 0.261 e. The van der Waals surface area contributed by atoms with Crippen LogP contribution in [0, 0.1) is 5.92 Å². The molecular formula is C13H18BrNOS. The zero-order valence-corrected chi connectivity index (χ0v) is 12.4. The molecule has 1 fully saturated rings. The van der Waals surface area contributed by atoms with Crippen LogP contribution in [0.25, 0.3) is 0 Å². The molecule has 4 heteroatoms. The zero-order valence-electron chi connectivity index (χ0n) is 10.0. The second-order valence-corrected chi connectivity index (χ2v) is 7.18. The number of hydrogen-bond acceptors (Lipinski definition) is 2. The number of rotatable bonds is 3. The van der Waals surface area contributed by atoms with Crippen LogP contribution in [0.3, 0.4) is 0 Å². The lowest BCUT2D eigenvalue weighted by Gasteiger charge is -2.28. The lowest BCUT2D eigenvalue weighted by molar-refractivity contribution is 0.0923. The zero-order chi connectivity index (χ0) is 12.3. The first-order valence-corrected chi connectivity index (χ1v) is 7.86. The molecule has 1 amide bonds. The van der Waals surface area contributed by atoms with Crippen molar-refractivity contribution in [2.75, 3.05) is 0 Å². The molecule has 1 heterocycles. The number of carbonyl (C=O) groups excluding carboxylic acids is 1. The summed E-state index contributed by atoms with van der Waals surface area (Å²) in [5.74, 6) is 0.881. The summed E-state index contributed by atoms with van der Waals surface area (Å²) >= 11 is 4.88. The molecule has 2 nitrogen and oxygen atoms in total. The van der Waals surface area contributed by atoms with Crippen molar-refractivity contribution in [3.8, 4) is 0 Å². The van der Waals surface area contributed by atoms with Gasteiger partial charge in [0.25, 0.3) is 5.91 Å². The maximum absolute atomic E-state index is 12.0. The van der Waals surface area contributed by atoms with Crippen LogP contribution in [-0.4, -0.2) is 11.9 Å². The molecule has 2 unspecified atom stereocenters. The number of amides is 1. The van der Waals surface area contributed by atoms with E-state index >= 15 is 0 Å². The van der Waals surface area contributed by atoms with E-state index in [9.17, 15) is 4.79 Å². The Hall–Kier alpha value is -0.350. The SMILES string of the molecule is CCC1CCCC(NC(=O)c2ccc(Br)s2)C1. The van der Waals surface area contributed by atoms with Crippen molar-refractivity contribution in [1.29, 1.82) is 0 Å². The second-order valence-electron chi connectivity index (χ2n) is 4.72. The lowest BCUT2D eigenvalue weighted by Crippen LogP contribution is -2.38. The normalized spacial score (nSPS) is 24.6. The first-order valence-electron chi connectivity index (χ1n) is 6.25. The topological polar surface area (TPSA) is 29.1 Å². The number of nitrogens with one attached hydrogen (secondary N) is 1. The van der Waals surface area contributed by atoms with Gasteiger partial charge in [-0.05, 0) is 46.8 Å².